The summed E-state index contributed by atoms with van der Waals surface area (Å²) in [7, 11) is -1.68. The predicted octanol–water partition coefficient (Wildman–Crippen LogP) is 8.50. The van der Waals surface area contributed by atoms with E-state index in [1.54, 1.807) is 0 Å². The Balaban J connectivity index is 1.21. The van der Waals surface area contributed by atoms with E-state index in [1.807, 2.05) is 0 Å². The number of aryl methyl sites for hydroxylation is 2. The average molecular weight is 689 g/mol. The van der Waals surface area contributed by atoms with Crippen LogP contribution >= 0.6 is 15.8 Å². The molecule has 1 saturated carbocycles. The van der Waals surface area contributed by atoms with Gasteiger partial charge in [-0.15, -0.1) is 0 Å². The van der Waals surface area contributed by atoms with E-state index < -0.39 is 21.6 Å². The molecule has 6 aromatic rings. The molecule has 4 heteroatoms. The Hall–Kier alpha value is -4.22. The SMILES string of the molecule is Cc1cc2c(c(P(c3ccccc3)c3ccccc3)c1)OC13Oc4c(cc(C)cc4P(c4ccccc4)c4ccccc4)C[C@H]1CCC[C@@H]3C2. The van der Waals surface area contributed by atoms with Gasteiger partial charge in [-0.3, -0.25) is 0 Å². The molecule has 0 radical (unpaired) electrons. The molecule has 2 atom stereocenters. The standard InChI is InChI=1S/C46H42O2P2/c1-32-26-34-30-36-16-15-17-37-31-35-27-33(2)29-43(50(40-22-11-5-12-23-40)41-24-13-6-14-25-41)45(35)48-46(36,37)47-44(34)42(28-32)49(38-18-7-3-8-19-38)39-20-9-4-10-21-39/h3-14,18-29,36-37H,15-17,30-31H2,1-2H3/t36-,37-,46?/m1/s1. The number of benzene rings is 6. The molecular weight excluding hydrogens is 646 g/mol. The van der Waals surface area contributed by atoms with Gasteiger partial charge in [-0.05, 0) is 111 Å². The molecule has 2 nitrogen and oxygen atoms in total. The summed E-state index contributed by atoms with van der Waals surface area (Å²) in [5.41, 5.74) is 5.28. The number of hydrogen-bond acceptors (Lipinski definition) is 2. The summed E-state index contributed by atoms with van der Waals surface area (Å²) in [6, 6.07) is 53.7. The van der Waals surface area contributed by atoms with Crippen LogP contribution in [0.1, 0.15) is 41.5 Å². The first-order valence-corrected chi connectivity index (χ1v) is 20.7. The van der Waals surface area contributed by atoms with Gasteiger partial charge in [-0.25, -0.2) is 0 Å². The van der Waals surface area contributed by atoms with Crippen LogP contribution in [0.3, 0.4) is 0 Å². The third-order valence-electron chi connectivity index (χ3n) is 10.8. The maximum Gasteiger partial charge on any atom is 0.257 e. The lowest BCUT2D eigenvalue weighted by Gasteiger charge is -2.54. The van der Waals surface area contributed by atoms with E-state index in [-0.39, 0.29) is 0 Å². The van der Waals surface area contributed by atoms with E-state index in [9.17, 15) is 0 Å². The van der Waals surface area contributed by atoms with E-state index in [2.05, 4.69) is 159 Å². The van der Waals surface area contributed by atoms with Crippen LogP contribution in [-0.2, 0) is 12.8 Å². The Morgan fingerprint density at radius 2 is 0.820 bits per heavy atom. The first-order valence-electron chi connectivity index (χ1n) is 18.0. The molecule has 50 heavy (non-hydrogen) atoms. The minimum absolute atomic E-state index is 0.296. The van der Waals surface area contributed by atoms with Crippen molar-refractivity contribution in [3.05, 3.63) is 168 Å². The summed E-state index contributed by atoms with van der Waals surface area (Å²) in [6.07, 6.45) is 5.42. The van der Waals surface area contributed by atoms with Crippen molar-refractivity contribution in [2.75, 3.05) is 0 Å². The van der Waals surface area contributed by atoms with Gasteiger partial charge in [0.05, 0.1) is 0 Å². The topological polar surface area (TPSA) is 18.5 Å². The molecule has 1 spiro atoms. The van der Waals surface area contributed by atoms with Crippen molar-refractivity contribution in [3.63, 3.8) is 0 Å². The van der Waals surface area contributed by atoms with Gasteiger partial charge >= 0.3 is 0 Å². The highest BCUT2D eigenvalue weighted by molar-refractivity contribution is 7.80. The smallest absolute Gasteiger partial charge is 0.257 e. The lowest BCUT2D eigenvalue weighted by Crippen LogP contribution is -2.62. The molecule has 0 aromatic heterocycles. The third kappa shape index (κ3) is 5.58. The van der Waals surface area contributed by atoms with Crippen LogP contribution in [0.4, 0.5) is 0 Å². The van der Waals surface area contributed by atoms with E-state index >= 15 is 0 Å². The van der Waals surface area contributed by atoms with Crippen LogP contribution in [0.25, 0.3) is 0 Å². The zero-order valence-corrected chi connectivity index (χ0v) is 30.5. The number of rotatable bonds is 6. The first kappa shape index (κ1) is 31.7. The highest BCUT2D eigenvalue weighted by Gasteiger charge is 2.58. The zero-order valence-electron chi connectivity index (χ0n) is 28.8. The van der Waals surface area contributed by atoms with Gasteiger partial charge in [-0.1, -0.05) is 140 Å². The fraction of sp³-hybridized carbons (Fsp3) is 0.217. The minimum atomic E-state index is -0.841. The van der Waals surface area contributed by atoms with Gasteiger partial charge in [0.15, 0.2) is 0 Å². The third-order valence-corrected chi connectivity index (χ3v) is 15.7. The maximum absolute atomic E-state index is 7.67. The summed E-state index contributed by atoms with van der Waals surface area (Å²) in [4.78, 5) is 0. The van der Waals surface area contributed by atoms with Crippen molar-refractivity contribution in [3.8, 4) is 11.5 Å². The monoisotopic (exact) mass is 688 g/mol. The van der Waals surface area contributed by atoms with Crippen LogP contribution in [-0.4, -0.2) is 5.79 Å². The van der Waals surface area contributed by atoms with Gasteiger partial charge in [0.25, 0.3) is 5.79 Å². The van der Waals surface area contributed by atoms with Gasteiger partial charge in [0.2, 0.25) is 0 Å². The molecule has 248 valence electrons. The largest absolute Gasteiger partial charge is 0.451 e. The molecular formula is C46H42O2P2. The van der Waals surface area contributed by atoms with Crippen molar-refractivity contribution in [2.24, 2.45) is 11.8 Å². The Kier molecular flexibility index (Phi) is 8.35. The fourth-order valence-corrected chi connectivity index (χ4v) is 13.8. The molecule has 0 unspecified atom stereocenters. The van der Waals surface area contributed by atoms with Crippen molar-refractivity contribution in [1.29, 1.82) is 0 Å². The minimum Gasteiger partial charge on any atom is -0.451 e. The second-order valence-corrected chi connectivity index (χ2v) is 18.6. The predicted molar refractivity (Wildman–Crippen MR) is 212 cm³/mol. The number of hydrogen-bond donors (Lipinski definition) is 0. The fourth-order valence-electron chi connectivity index (χ4n) is 8.73. The van der Waals surface area contributed by atoms with E-state index in [4.69, 9.17) is 9.47 Å². The summed E-state index contributed by atoms with van der Waals surface area (Å²) in [5, 5.41) is 7.98. The van der Waals surface area contributed by atoms with Crippen LogP contribution in [0.2, 0.25) is 0 Å². The molecule has 6 aromatic carbocycles. The number of fused-ring (bicyclic) bond motifs is 2. The second kappa shape index (κ2) is 13.2. The van der Waals surface area contributed by atoms with Gasteiger partial charge < -0.3 is 9.47 Å². The summed E-state index contributed by atoms with van der Waals surface area (Å²) >= 11 is 0. The summed E-state index contributed by atoms with van der Waals surface area (Å²) < 4.78 is 15.3. The van der Waals surface area contributed by atoms with Crippen LogP contribution in [0.5, 0.6) is 11.5 Å². The van der Waals surface area contributed by atoms with Crippen molar-refractivity contribution in [1.82, 2.24) is 0 Å². The highest BCUT2D eigenvalue weighted by Crippen LogP contribution is 2.55. The first-order chi connectivity index (χ1) is 24.6. The lowest BCUT2D eigenvalue weighted by molar-refractivity contribution is -0.225. The molecule has 1 aliphatic carbocycles. The van der Waals surface area contributed by atoms with Crippen LogP contribution in [0, 0.1) is 25.7 Å². The Morgan fingerprint density at radius 3 is 1.16 bits per heavy atom. The quantitative estimate of drug-likeness (QED) is 0.164. The van der Waals surface area contributed by atoms with Crippen molar-refractivity contribution < 1.29 is 9.47 Å². The molecule has 3 aliphatic rings. The highest BCUT2D eigenvalue weighted by atomic mass is 31.1. The lowest BCUT2D eigenvalue weighted by atomic mass is 9.68. The van der Waals surface area contributed by atoms with Crippen LogP contribution < -0.4 is 41.3 Å². The summed E-state index contributed by atoms with van der Waals surface area (Å²) in [6.45, 7) is 4.50. The average Bonchev–Trinajstić information content (AvgIpc) is 3.15. The maximum atomic E-state index is 7.67. The van der Waals surface area contributed by atoms with Gasteiger partial charge in [0.1, 0.15) is 11.5 Å². The zero-order chi connectivity index (χ0) is 33.7. The Labute approximate surface area is 299 Å². The van der Waals surface area contributed by atoms with Gasteiger partial charge in [0, 0.05) is 22.4 Å². The molecule has 9 rings (SSSR count). The number of ether oxygens (including phenoxy) is 2. The second-order valence-electron chi connectivity index (χ2n) is 14.2. The van der Waals surface area contributed by atoms with E-state index in [0.717, 1.165) is 37.2 Å². The molecule has 0 amide bonds. The Morgan fingerprint density at radius 1 is 0.480 bits per heavy atom. The molecule has 0 saturated heterocycles. The van der Waals surface area contributed by atoms with Gasteiger partial charge in [-0.2, -0.15) is 0 Å². The van der Waals surface area contributed by atoms with E-state index in [1.165, 1.54) is 60.5 Å². The van der Waals surface area contributed by atoms with Crippen molar-refractivity contribution in [2.45, 2.75) is 51.7 Å². The molecule has 2 heterocycles. The van der Waals surface area contributed by atoms with Crippen molar-refractivity contribution >= 4 is 47.7 Å². The van der Waals surface area contributed by atoms with E-state index in [0.29, 0.717) is 11.8 Å². The molecule has 1 fully saturated rings. The normalized spacial score (nSPS) is 20.6. The molecule has 0 bridgehead atoms. The summed E-state index contributed by atoms with van der Waals surface area (Å²) in [5.74, 6) is 2.01. The van der Waals surface area contributed by atoms with Crippen LogP contribution in [0.15, 0.2) is 146 Å². The Bertz CT molecular complexity index is 1900. The molecule has 2 aliphatic heterocycles. The molecule has 0 N–H and O–H groups in total.